The van der Waals surface area contributed by atoms with Gasteiger partial charge >= 0.3 is 0 Å². The summed E-state index contributed by atoms with van der Waals surface area (Å²) in [4.78, 5) is 26.0. The lowest BCUT2D eigenvalue weighted by Gasteiger charge is -2.20. The summed E-state index contributed by atoms with van der Waals surface area (Å²) in [6.07, 6.45) is 3.48. The van der Waals surface area contributed by atoms with Crippen LogP contribution in [0.4, 0.5) is 0 Å². The fourth-order valence-electron chi connectivity index (χ4n) is 1.96. The van der Waals surface area contributed by atoms with Gasteiger partial charge < -0.3 is 10.6 Å². The minimum absolute atomic E-state index is 0.126. The molecule has 0 atom stereocenters. The van der Waals surface area contributed by atoms with Gasteiger partial charge in [0.1, 0.15) is 0 Å². The van der Waals surface area contributed by atoms with Gasteiger partial charge in [0.2, 0.25) is 11.8 Å². The Kier molecular flexibility index (Phi) is 5.91. The van der Waals surface area contributed by atoms with Gasteiger partial charge in [0, 0.05) is 30.5 Å². The smallest absolute Gasteiger partial charge is 0.246 e. The van der Waals surface area contributed by atoms with E-state index < -0.39 is 5.91 Å². The number of primary amides is 1. The van der Waals surface area contributed by atoms with Crippen molar-refractivity contribution < 1.29 is 9.59 Å². The topological polar surface area (TPSA) is 63.4 Å². The summed E-state index contributed by atoms with van der Waals surface area (Å²) in [5.74, 6) is -0.536. The number of nitrogens with two attached hydrogens (primary N) is 1. The second-order valence-electron chi connectivity index (χ2n) is 4.81. The van der Waals surface area contributed by atoms with Crippen molar-refractivity contribution >= 4 is 29.2 Å². The van der Waals surface area contributed by atoms with Crippen molar-refractivity contribution in [1.29, 1.82) is 0 Å². The van der Waals surface area contributed by atoms with Gasteiger partial charge in [-0.1, -0.05) is 36.4 Å². The lowest BCUT2D eigenvalue weighted by Crippen LogP contribution is -2.32. The van der Waals surface area contributed by atoms with Crippen LogP contribution < -0.4 is 5.73 Å². The van der Waals surface area contributed by atoms with Crippen molar-refractivity contribution in [2.45, 2.75) is 13.0 Å². The molecule has 0 fully saturated rings. The fraction of sp³-hybridized carbons (Fsp3) is 0.176. The molecule has 2 N–H and O–H groups in total. The van der Waals surface area contributed by atoms with Gasteiger partial charge in [-0.05, 0) is 23.1 Å². The third-order valence-electron chi connectivity index (χ3n) is 3.09. The second kappa shape index (κ2) is 8.14. The van der Waals surface area contributed by atoms with E-state index in [9.17, 15) is 9.59 Å². The molecule has 0 radical (unpaired) electrons. The van der Waals surface area contributed by atoms with Crippen LogP contribution in [0.15, 0.2) is 53.9 Å². The number of thiophene rings is 1. The quantitative estimate of drug-likeness (QED) is 0.799. The summed E-state index contributed by atoms with van der Waals surface area (Å²) in [5.41, 5.74) is 6.21. The number of hydrogen-bond donors (Lipinski definition) is 1. The molecule has 0 unspecified atom stereocenters. The van der Waals surface area contributed by atoms with Crippen molar-refractivity contribution in [2.24, 2.45) is 5.73 Å². The van der Waals surface area contributed by atoms with Gasteiger partial charge in [0.25, 0.3) is 0 Å². The van der Waals surface area contributed by atoms with E-state index >= 15 is 0 Å². The number of rotatable bonds is 7. The van der Waals surface area contributed by atoms with Gasteiger partial charge in [-0.2, -0.15) is 0 Å². The Labute approximate surface area is 133 Å². The van der Waals surface area contributed by atoms with Gasteiger partial charge in [-0.15, -0.1) is 11.3 Å². The van der Waals surface area contributed by atoms with Crippen molar-refractivity contribution in [3.05, 3.63) is 64.4 Å². The van der Waals surface area contributed by atoms with Crippen LogP contribution in [-0.4, -0.2) is 23.3 Å². The van der Waals surface area contributed by atoms with Crippen LogP contribution in [0, 0.1) is 0 Å². The van der Waals surface area contributed by atoms with Crippen LogP contribution >= 0.6 is 11.3 Å². The van der Waals surface area contributed by atoms with Gasteiger partial charge in [0.15, 0.2) is 0 Å². The molecule has 0 aliphatic heterocycles. The monoisotopic (exact) mass is 314 g/mol. The Morgan fingerprint density at radius 3 is 2.55 bits per heavy atom. The summed E-state index contributed by atoms with van der Waals surface area (Å²) in [6.45, 7) is 0.777. The number of nitrogens with zero attached hydrogens (tertiary/aromatic N) is 1. The van der Waals surface area contributed by atoms with Gasteiger partial charge in [-0.3, -0.25) is 9.59 Å². The highest BCUT2D eigenvalue weighted by Crippen LogP contribution is 2.11. The molecule has 1 heterocycles. The molecule has 1 aromatic heterocycles. The molecule has 0 spiro atoms. The third-order valence-corrected chi connectivity index (χ3v) is 3.93. The zero-order valence-electron chi connectivity index (χ0n) is 12.1. The molecule has 0 aliphatic carbocycles. The Hall–Kier alpha value is -2.40. The fourth-order valence-corrected chi connectivity index (χ4v) is 2.58. The average molecular weight is 314 g/mol. The summed E-state index contributed by atoms with van der Waals surface area (Å²) in [5, 5.41) is 1.96. The van der Waals surface area contributed by atoms with Crippen LogP contribution in [0.5, 0.6) is 0 Å². The first-order valence-electron chi connectivity index (χ1n) is 6.98. The SMILES string of the molecule is NC(=O)CCN(Cc1ccccc1)C(=O)/C=C\c1cccs1. The maximum Gasteiger partial charge on any atom is 0.246 e. The summed E-state index contributed by atoms with van der Waals surface area (Å²) in [6, 6.07) is 13.6. The number of amides is 2. The lowest BCUT2D eigenvalue weighted by atomic mass is 10.2. The van der Waals surface area contributed by atoms with E-state index in [0.29, 0.717) is 13.1 Å². The highest BCUT2D eigenvalue weighted by atomic mass is 32.1. The first-order valence-corrected chi connectivity index (χ1v) is 7.86. The number of benzene rings is 1. The minimum Gasteiger partial charge on any atom is -0.370 e. The molecule has 0 saturated heterocycles. The Morgan fingerprint density at radius 2 is 1.91 bits per heavy atom. The van der Waals surface area contributed by atoms with E-state index in [1.165, 1.54) is 6.08 Å². The normalized spacial score (nSPS) is 10.7. The highest BCUT2D eigenvalue weighted by molar-refractivity contribution is 7.10. The summed E-state index contributed by atoms with van der Waals surface area (Å²) < 4.78 is 0. The second-order valence-corrected chi connectivity index (χ2v) is 5.79. The Balaban J connectivity index is 2.05. The van der Waals surface area contributed by atoms with Gasteiger partial charge in [0.05, 0.1) is 0 Å². The molecule has 0 bridgehead atoms. The Morgan fingerprint density at radius 1 is 1.14 bits per heavy atom. The molecule has 2 rings (SSSR count). The van der Waals surface area contributed by atoms with Crippen LogP contribution in [0.2, 0.25) is 0 Å². The molecule has 22 heavy (non-hydrogen) atoms. The van der Waals surface area contributed by atoms with E-state index in [2.05, 4.69) is 0 Å². The number of carbonyl (C=O) groups is 2. The van der Waals surface area contributed by atoms with Crippen LogP contribution in [0.25, 0.3) is 6.08 Å². The number of carbonyl (C=O) groups excluding carboxylic acids is 2. The molecular weight excluding hydrogens is 296 g/mol. The average Bonchev–Trinajstić information content (AvgIpc) is 3.03. The lowest BCUT2D eigenvalue weighted by molar-refractivity contribution is -0.127. The highest BCUT2D eigenvalue weighted by Gasteiger charge is 2.12. The first kappa shape index (κ1) is 16.0. The van der Waals surface area contributed by atoms with E-state index in [-0.39, 0.29) is 12.3 Å². The first-order chi connectivity index (χ1) is 10.6. The maximum absolute atomic E-state index is 12.3. The largest absolute Gasteiger partial charge is 0.370 e. The predicted molar refractivity (Wildman–Crippen MR) is 89.0 cm³/mol. The van der Waals surface area contributed by atoms with Crippen molar-refractivity contribution in [3.8, 4) is 0 Å². The van der Waals surface area contributed by atoms with E-state index in [1.54, 1.807) is 22.3 Å². The molecule has 0 saturated carbocycles. The van der Waals surface area contributed by atoms with Crippen LogP contribution in [0.3, 0.4) is 0 Å². The summed E-state index contributed by atoms with van der Waals surface area (Å²) >= 11 is 1.57. The zero-order valence-corrected chi connectivity index (χ0v) is 13.0. The van der Waals surface area contributed by atoms with Crippen molar-refractivity contribution in [3.63, 3.8) is 0 Å². The third kappa shape index (κ3) is 5.18. The molecular formula is C17H18N2O2S. The summed E-state index contributed by atoms with van der Waals surface area (Å²) in [7, 11) is 0. The minimum atomic E-state index is -0.409. The van der Waals surface area contributed by atoms with Crippen LogP contribution in [0.1, 0.15) is 16.9 Å². The maximum atomic E-state index is 12.3. The van der Waals surface area contributed by atoms with E-state index in [1.807, 2.05) is 47.8 Å². The van der Waals surface area contributed by atoms with Crippen molar-refractivity contribution in [2.75, 3.05) is 6.54 Å². The molecule has 1 aromatic carbocycles. The van der Waals surface area contributed by atoms with E-state index in [0.717, 1.165) is 10.4 Å². The van der Waals surface area contributed by atoms with E-state index in [4.69, 9.17) is 5.73 Å². The van der Waals surface area contributed by atoms with Crippen molar-refractivity contribution in [1.82, 2.24) is 4.90 Å². The molecule has 2 aromatic rings. The Bertz CT molecular complexity index is 636. The number of hydrogen-bond acceptors (Lipinski definition) is 3. The predicted octanol–water partition coefficient (Wildman–Crippen LogP) is 2.67. The molecule has 4 nitrogen and oxygen atoms in total. The standard InChI is InChI=1S/C17H18N2O2S/c18-16(20)10-11-19(13-14-5-2-1-3-6-14)17(21)9-8-15-7-4-12-22-15/h1-9,12H,10-11,13H2,(H2,18,20)/b9-8-. The molecule has 114 valence electrons. The van der Waals surface area contributed by atoms with Crippen LogP contribution in [-0.2, 0) is 16.1 Å². The molecule has 5 heteroatoms. The molecule has 2 amide bonds. The van der Waals surface area contributed by atoms with Gasteiger partial charge in [-0.25, -0.2) is 0 Å². The molecule has 0 aliphatic rings. The zero-order chi connectivity index (χ0) is 15.8.